The maximum atomic E-state index is 11.7. The highest BCUT2D eigenvalue weighted by Gasteiger charge is 2.09. The van der Waals surface area contributed by atoms with Gasteiger partial charge in [0.05, 0.1) is 11.4 Å². The zero-order chi connectivity index (χ0) is 13.7. The highest BCUT2D eigenvalue weighted by Crippen LogP contribution is 2.24. The number of carbonyl (C=O) groups excluding carboxylic acids is 1. The number of rotatable bonds is 5. The van der Waals surface area contributed by atoms with Crippen LogP contribution in [0.5, 0.6) is 0 Å². The van der Waals surface area contributed by atoms with Crippen LogP contribution in [0.1, 0.15) is 0 Å². The summed E-state index contributed by atoms with van der Waals surface area (Å²) in [5.41, 5.74) is 0.511. The van der Waals surface area contributed by atoms with Crippen LogP contribution in [0.2, 0.25) is 5.15 Å². The van der Waals surface area contributed by atoms with Crippen LogP contribution in [-0.4, -0.2) is 32.3 Å². The van der Waals surface area contributed by atoms with Gasteiger partial charge in [0.15, 0.2) is 9.49 Å². The number of aromatic nitrogens is 3. The first-order valence-corrected chi connectivity index (χ1v) is 8.46. The molecule has 1 N–H and O–H groups in total. The van der Waals surface area contributed by atoms with Gasteiger partial charge in [0, 0.05) is 6.20 Å². The van der Waals surface area contributed by atoms with Gasteiger partial charge in [-0.3, -0.25) is 4.79 Å². The van der Waals surface area contributed by atoms with Gasteiger partial charge >= 0.3 is 0 Å². The number of pyridine rings is 1. The van der Waals surface area contributed by atoms with Crippen molar-refractivity contribution >= 4 is 58.3 Å². The molecule has 9 heteroatoms. The SMILES string of the molecule is CSc1nsc(SCC(=O)Nc2cccnc2Cl)n1. The number of nitrogens with one attached hydrogen (secondary N) is 1. The normalized spacial score (nSPS) is 10.4. The van der Waals surface area contributed by atoms with Crippen molar-refractivity contribution in [1.29, 1.82) is 0 Å². The average molecular weight is 333 g/mol. The number of amides is 1. The maximum absolute atomic E-state index is 11.7. The molecule has 2 heterocycles. The lowest BCUT2D eigenvalue weighted by Gasteiger charge is -2.04. The minimum Gasteiger partial charge on any atom is -0.323 e. The molecule has 2 aromatic heterocycles. The van der Waals surface area contributed by atoms with Crippen molar-refractivity contribution in [3.8, 4) is 0 Å². The molecule has 0 atom stereocenters. The number of thioether (sulfide) groups is 2. The molecule has 0 saturated heterocycles. The molecular weight excluding hydrogens is 324 g/mol. The fraction of sp³-hybridized carbons (Fsp3) is 0.200. The molecule has 0 aromatic carbocycles. The highest BCUT2D eigenvalue weighted by molar-refractivity contribution is 8.01. The number of halogens is 1. The summed E-state index contributed by atoms with van der Waals surface area (Å²) in [6.07, 6.45) is 3.48. The minimum absolute atomic E-state index is 0.152. The predicted molar refractivity (Wildman–Crippen MR) is 80.3 cm³/mol. The summed E-state index contributed by atoms with van der Waals surface area (Å²) in [7, 11) is 0. The lowest BCUT2D eigenvalue weighted by atomic mass is 10.4. The second-order valence-electron chi connectivity index (χ2n) is 3.23. The Morgan fingerprint density at radius 1 is 1.58 bits per heavy atom. The van der Waals surface area contributed by atoms with E-state index in [1.807, 2.05) is 6.26 Å². The average Bonchev–Trinajstić information content (AvgIpc) is 2.87. The first-order valence-electron chi connectivity index (χ1n) is 5.10. The molecule has 0 spiro atoms. The Labute approximate surface area is 127 Å². The third kappa shape index (κ3) is 4.34. The molecule has 0 aliphatic carbocycles. The van der Waals surface area contributed by atoms with E-state index in [4.69, 9.17) is 11.6 Å². The number of hydrogen-bond donors (Lipinski definition) is 1. The lowest BCUT2D eigenvalue weighted by Crippen LogP contribution is -2.14. The molecule has 0 fully saturated rings. The number of nitrogens with zero attached hydrogens (tertiary/aromatic N) is 3. The summed E-state index contributed by atoms with van der Waals surface area (Å²) >= 11 is 9.96. The Kier molecular flexibility index (Phi) is 5.44. The van der Waals surface area contributed by atoms with Gasteiger partial charge in [-0.15, -0.1) is 0 Å². The smallest absolute Gasteiger partial charge is 0.234 e. The fourth-order valence-corrected chi connectivity index (χ4v) is 3.31. The Bertz CT molecular complexity index is 577. The molecule has 0 unspecified atom stereocenters. The molecule has 0 saturated carbocycles. The minimum atomic E-state index is -0.152. The summed E-state index contributed by atoms with van der Waals surface area (Å²) in [5.74, 6) is 0.106. The van der Waals surface area contributed by atoms with Gasteiger partial charge in [-0.2, -0.15) is 4.37 Å². The largest absolute Gasteiger partial charge is 0.323 e. The van der Waals surface area contributed by atoms with Gasteiger partial charge in [-0.1, -0.05) is 35.1 Å². The third-order valence-electron chi connectivity index (χ3n) is 1.93. The predicted octanol–water partition coefficient (Wildman–Crippen LogP) is 3.04. The van der Waals surface area contributed by atoms with E-state index in [0.29, 0.717) is 5.69 Å². The standard InChI is InChI=1S/C10H9ClN4OS3/c1-17-9-14-10(19-15-9)18-5-7(16)13-6-3-2-4-12-8(6)11/h2-4H,5H2,1H3,(H,13,16). The first-order chi connectivity index (χ1) is 9.19. The van der Waals surface area contributed by atoms with Crippen LogP contribution >= 0.6 is 46.7 Å². The van der Waals surface area contributed by atoms with Crippen LogP contribution < -0.4 is 5.32 Å². The summed E-state index contributed by atoms with van der Waals surface area (Å²) in [6.45, 7) is 0. The molecule has 5 nitrogen and oxygen atoms in total. The molecule has 19 heavy (non-hydrogen) atoms. The van der Waals surface area contributed by atoms with Crippen LogP contribution in [0.4, 0.5) is 5.69 Å². The van der Waals surface area contributed by atoms with Crippen LogP contribution in [-0.2, 0) is 4.79 Å². The lowest BCUT2D eigenvalue weighted by molar-refractivity contribution is -0.113. The van der Waals surface area contributed by atoms with Crippen molar-refractivity contribution in [2.24, 2.45) is 0 Å². The van der Waals surface area contributed by atoms with E-state index in [1.165, 1.54) is 35.1 Å². The van der Waals surface area contributed by atoms with Crippen LogP contribution in [0.3, 0.4) is 0 Å². The first kappa shape index (κ1) is 14.6. The molecule has 2 aromatic rings. The van der Waals surface area contributed by atoms with Crippen molar-refractivity contribution in [2.75, 3.05) is 17.3 Å². The van der Waals surface area contributed by atoms with E-state index < -0.39 is 0 Å². The quantitative estimate of drug-likeness (QED) is 0.670. The van der Waals surface area contributed by atoms with Gasteiger partial charge in [0.1, 0.15) is 0 Å². The second kappa shape index (κ2) is 7.09. The fourth-order valence-electron chi connectivity index (χ4n) is 1.13. The monoisotopic (exact) mass is 332 g/mol. The van der Waals surface area contributed by atoms with Crippen molar-refractivity contribution in [2.45, 2.75) is 9.50 Å². The third-order valence-corrected chi connectivity index (χ3v) is 4.73. The van der Waals surface area contributed by atoms with Gasteiger partial charge in [0.2, 0.25) is 11.1 Å². The van der Waals surface area contributed by atoms with Crippen molar-refractivity contribution in [1.82, 2.24) is 14.3 Å². The van der Waals surface area contributed by atoms with E-state index in [2.05, 4.69) is 19.7 Å². The Hall–Kier alpha value is -0.830. The van der Waals surface area contributed by atoms with Crippen molar-refractivity contribution < 1.29 is 4.79 Å². The van der Waals surface area contributed by atoms with Crippen LogP contribution in [0, 0.1) is 0 Å². The van der Waals surface area contributed by atoms with Crippen LogP contribution in [0.15, 0.2) is 27.8 Å². The van der Waals surface area contributed by atoms with E-state index in [0.717, 1.165) is 9.50 Å². The molecule has 0 aliphatic heterocycles. The van der Waals surface area contributed by atoms with E-state index in [9.17, 15) is 4.79 Å². The highest BCUT2D eigenvalue weighted by atomic mass is 35.5. The van der Waals surface area contributed by atoms with Crippen molar-refractivity contribution in [3.05, 3.63) is 23.5 Å². The van der Waals surface area contributed by atoms with Crippen LogP contribution in [0.25, 0.3) is 0 Å². The molecule has 0 bridgehead atoms. The summed E-state index contributed by atoms with van der Waals surface area (Å²) in [4.78, 5) is 19.9. The molecule has 100 valence electrons. The topological polar surface area (TPSA) is 67.8 Å². The van der Waals surface area contributed by atoms with Gasteiger partial charge in [0.25, 0.3) is 0 Å². The summed E-state index contributed by atoms with van der Waals surface area (Å²) in [5, 5.41) is 3.70. The zero-order valence-corrected chi connectivity index (χ0v) is 13.0. The van der Waals surface area contributed by atoms with Gasteiger partial charge < -0.3 is 5.32 Å². The number of carbonyl (C=O) groups is 1. The van der Waals surface area contributed by atoms with E-state index in [1.54, 1.807) is 18.3 Å². The van der Waals surface area contributed by atoms with Crippen molar-refractivity contribution in [3.63, 3.8) is 0 Å². The summed E-state index contributed by atoms with van der Waals surface area (Å²) < 4.78 is 4.90. The Morgan fingerprint density at radius 3 is 3.11 bits per heavy atom. The second-order valence-corrected chi connectivity index (χ2v) is 6.33. The Balaban J connectivity index is 1.86. The molecule has 2 rings (SSSR count). The van der Waals surface area contributed by atoms with Gasteiger partial charge in [-0.05, 0) is 29.9 Å². The van der Waals surface area contributed by atoms with E-state index in [-0.39, 0.29) is 16.8 Å². The molecule has 0 aliphatic rings. The van der Waals surface area contributed by atoms with E-state index >= 15 is 0 Å². The molecular formula is C10H9ClN4OS3. The summed E-state index contributed by atoms with van der Waals surface area (Å²) in [6, 6.07) is 3.42. The Morgan fingerprint density at radius 2 is 2.42 bits per heavy atom. The van der Waals surface area contributed by atoms with Gasteiger partial charge in [-0.25, -0.2) is 9.97 Å². The number of hydrogen-bond acceptors (Lipinski definition) is 7. The molecule has 0 radical (unpaired) electrons. The zero-order valence-electron chi connectivity index (χ0n) is 9.79. The number of anilines is 1. The maximum Gasteiger partial charge on any atom is 0.234 e. The molecule has 1 amide bonds.